The zero-order valence-electron chi connectivity index (χ0n) is 5.33. The Morgan fingerprint density at radius 3 is 2.78 bits per heavy atom. The van der Waals surface area contributed by atoms with Gasteiger partial charge in [-0.2, -0.15) is 11.8 Å². The van der Waals surface area contributed by atoms with E-state index >= 15 is 0 Å². The van der Waals surface area contributed by atoms with E-state index < -0.39 is 12.0 Å². The molecule has 1 atom stereocenters. The van der Waals surface area contributed by atoms with Gasteiger partial charge in [-0.3, -0.25) is 4.79 Å². The van der Waals surface area contributed by atoms with Gasteiger partial charge in [-0.1, -0.05) is 0 Å². The van der Waals surface area contributed by atoms with E-state index in [2.05, 4.69) is 0 Å². The number of carbonyl (C=O) groups is 1. The Kier molecular flexibility index (Phi) is 4.53. The molecule has 0 aromatic carbocycles. The summed E-state index contributed by atoms with van der Waals surface area (Å²) in [5, 5.41) is 8.27. The fourth-order valence-electron chi connectivity index (χ4n) is 0.368. The molecule has 0 saturated carbocycles. The van der Waals surface area contributed by atoms with Gasteiger partial charge in [-0.25, -0.2) is 0 Å². The predicted octanol–water partition coefficient (Wildman–Crippen LogP) is 0.151. The molecule has 0 heterocycles. The molecule has 1 unspecified atom stereocenters. The molecule has 0 aliphatic heterocycles. The van der Waals surface area contributed by atoms with Crippen molar-refractivity contribution in [3.8, 4) is 0 Å². The van der Waals surface area contributed by atoms with E-state index in [0.29, 0.717) is 6.42 Å². The second-order valence-electron chi connectivity index (χ2n) is 1.73. The minimum absolute atomic E-state index is 0.552. The summed E-state index contributed by atoms with van der Waals surface area (Å²) >= 11 is 1.60. The first-order valence-electron chi connectivity index (χ1n) is 2.65. The standard InChI is InChI=1S/C5H11NO2S/c1-9-3-2-4(6)5(7)8/h4H,2-3,6H2,1H3,(H,7,8)/i1+1. The maximum Gasteiger partial charge on any atom is 0.320 e. The Balaban J connectivity index is 3.27. The van der Waals surface area contributed by atoms with Gasteiger partial charge in [-0.05, 0) is 18.4 Å². The van der Waals surface area contributed by atoms with Crippen molar-refractivity contribution in [1.82, 2.24) is 0 Å². The number of rotatable bonds is 4. The Hall–Kier alpha value is -0.220. The monoisotopic (exact) mass is 150 g/mol. The highest BCUT2D eigenvalue weighted by atomic mass is 32.2. The van der Waals surface area contributed by atoms with Gasteiger partial charge in [0.15, 0.2) is 0 Å². The van der Waals surface area contributed by atoms with Gasteiger partial charge in [0.05, 0.1) is 0 Å². The topological polar surface area (TPSA) is 63.3 Å². The van der Waals surface area contributed by atoms with Crippen LogP contribution in [0.25, 0.3) is 0 Å². The van der Waals surface area contributed by atoms with E-state index in [4.69, 9.17) is 10.8 Å². The number of hydrogen-bond acceptors (Lipinski definition) is 3. The lowest BCUT2D eigenvalue weighted by molar-refractivity contribution is -0.138. The van der Waals surface area contributed by atoms with Crippen LogP contribution in [0.5, 0.6) is 0 Å². The Morgan fingerprint density at radius 1 is 1.89 bits per heavy atom. The van der Waals surface area contributed by atoms with Crippen molar-refractivity contribution in [1.29, 1.82) is 0 Å². The van der Waals surface area contributed by atoms with Gasteiger partial charge >= 0.3 is 5.97 Å². The third kappa shape index (κ3) is 4.29. The Labute approximate surface area is 58.6 Å². The van der Waals surface area contributed by atoms with Crippen molar-refractivity contribution in [2.75, 3.05) is 12.0 Å². The van der Waals surface area contributed by atoms with Crippen molar-refractivity contribution >= 4 is 17.7 Å². The third-order valence-corrected chi connectivity index (χ3v) is 1.59. The van der Waals surface area contributed by atoms with E-state index in [1.54, 1.807) is 11.8 Å². The highest BCUT2D eigenvalue weighted by Crippen LogP contribution is 1.97. The van der Waals surface area contributed by atoms with Crippen LogP contribution in [0.3, 0.4) is 0 Å². The van der Waals surface area contributed by atoms with Crippen molar-refractivity contribution in [2.24, 2.45) is 5.73 Å². The number of carboxylic acid groups (broad SMARTS) is 1. The van der Waals surface area contributed by atoms with Crippen LogP contribution in [0.1, 0.15) is 6.42 Å². The fourth-order valence-corrected chi connectivity index (χ4v) is 0.858. The molecule has 3 nitrogen and oxygen atoms in total. The third-order valence-electron chi connectivity index (χ3n) is 0.950. The molecule has 0 amide bonds. The number of carboxylic acids is 1. The van der Waals surface area contributed by atoms with E-state index in [1.807, 2.05) is 6.26 Å². The van der Waals surface area contributed by atoms with Gasteiger partial charge in [0.2, 0.25) is 0 Å². The lowest BCUT2D eigenvalue weighted by Gasteiger charge is -2.02. The van der Waals surface area contributed by atoms with Crippen molar-refractivity contribution in [2.45, 2.75) is 12.5 Å². The maximum atomic E-state index is 10.1. The SMILES string of the molecule is [13CH3]SCCC(N)C(=O)O. The highest BCUT2D eigenvalue weighted by molar-refractivity contribution is 7.98. The van der Waals surface area contributed by atoms with Crippen LogP contribution < -0.4 is 5.73 Å². The lowest BCUT2D eigenvalue weighted by Crippen LogP contribution is -2.30. The zero-order chi connectivity index (χ0) is 7.28. The average Bonchev–Trinajstić information content (AvgIpc) is 1.82. The molecule has 4 heteroatoms. The smallest absolute Gasteiger partial charge is 0.320 e. The second-order valence-corrected chi connectivity index (χ2v) is 2.71. The molecule has 0 aliphatic rings. The fraction of sp³-hybridized carbons (Fsp3) is 0.800. The van der Waals surface area contributed by atoms with Crippen LogP contribution in [0.4, 0.5) is 0 Å². The Bertz CT molecular complexity index is 97.0. The van der Waals surface area contributed by atoms with Crippen molar-refractivity contribution in [3.05, 3.63) is 0 Å². The molecule has 0 aromatic rings. The summed E-state index contributed by atoms with van der Waals surface area (Å²) < 4.78 is 0. The summed E-state index contributed by atoms with van der Waals surface area (Å²) in [6.07, 6.45) is 2.48. The number of thioether (sulfide) groups is 1. The molecule has 0 aliphatic carbocycles. The number of nitrogens with two attached hydrogens (primary N) is 1. The van der Waals surface area contributed by atoms with Crippen LogP contribution in [-0.4, -0.2) is 29.1 Å². The largest absolute Gasteiger partial charge is 0.480 e. The van der Waals surface area contributed by atoms with Crippen LogP contribution in [0.2, 0.25) is 0 Å². The van der Waals surface area contributed by atoms with Crippen LogP contribution in [0.15, 0.2) is 0 Å². The summed E-state index contributed by atoms with van der Waals surface area (Å²) in [4.78, 5) is 10.1. The van der Waals surface area contributed by atoms with E-state index in [-0.39, 0.29) is 0 Å². The molecule has 0 aromatic heterocycles. The summed E-state index contributed by atoms with van der Waals surface area (Å²) in [7, 11) is 0. The normalized spacial score (nSPS) is 13.1. The number of aliphatic carboxylic acids is 1. The molecule has 0 bridgehead atoms. The van der Waals surface area contributed by atoms with Gasteiger partial charge in [0, 0.05) is 0 Å². The summed E-state index contributed by atoms with van der Waals surface area (Å²) in [6.45, 7) is 0. The molecule has 0 fully saturated rings. The minimum Gasteiger partial charge on any atom is -0.480 e. The molecule has 0 saturated heterocycles. The van der Waals surface area contributed by atoms with E-state index in [0.717, 1.165) is 5.75 Å². The van der Waals surface area contributed by atoms with Crippen LogP contribution >= 0.6 is 11.8 Å². The average molecular weight is 150 g/mol. The van der Waals surface area contributed by atoms with E-state index in [1.165, 1.54) is 0 Å². The minimum atomic E-state index is -0.913. The van der Waals surface area contributed by atoms with Crippen LogP contribution in [-0.2, 0) is 4.79 Å². The first-order valence-corrected chi connectivity index (χ1v) is 4.05. The molecular weight excluding hydrogens is 139 g/mol. The second kappa shape index (κ2) is 4.64. The summed E-state index contributed by atoms with van der Waals surface area (Å²) in [6, 6.07) is -0.683. The van der Waals surface area contributed by atoms with Crippen molar-refractivity contribution < 1.29 is 9.90 Å². The molecule has 9 heavy (non-hydrogen) atoms. The Morgan fingerprint density at radius 2 is 2.44 bits per heavy atom. The predicted molar refractivity (Wildman–Crippen MR) is 38.6 cm³/mol. The van der Waals surface area contributed by atoms with Gasteiger partial charge in [0.1, 0.15) is 6.04 Å². The maximum absolute atomic E-state index is 10.1. The first-order chi connectivity index (χ1) is 4.18. The summed E-state index contributed by atoms with van der Waals surface area (Å²) in [5.74, 6) is -0.1000. The van der Waals surface area contributed by atoms with Gasteiger partial charge in [-0.15, -0.1) is 0 Å². The molecule has 0 radical (unpaired) electrons. The lowest BCUT2D eigenvalue weighted by atomic mass is 10.2. The number of hydrogen-bond donors (Lipinski definition) is 2. The molecule has 0 spiro atoms. The quantitative estimate of drug-likeness (QED) is 0.560. The molecule has 0 rings (SSSR count). The highest BCUT2D eigenvalue weighted by Gasteiger charge is 2.08. The zero-order valence-corrected chi connectivity index (χ0v) is 6.15. The van der Waals surface area contributed by atoms with Gasteiger partial charge in [0.25, 0.3) is 0 Å². The van der Waals surface area contributed by atoms with Crippen molar-refractivity contribution in [3.63, 3.8) is 0 Å². The van der Waals surface area contributed by atoms with E-state index in [9.17, 15) is 4.79 Å². The molecule has 3 N–H and O–H groups in total. The van der Waals surface area contributed by atoms with Crippen LogP contribution in [0, 0.1) is 0 Å². The molecular formula is C5H11NO2S. The summed E-state index contributed by atoms with van der Waals surface area (Å²) in [5.41, 5.74) is 5.19. The molecule has 54 valence electrons. The van der Waals surface area contributed by atoms with Gasteiger partial charge < -0.3 is 10.8 Å². The first kappa shape index (κ1) is 8.78.